The van der Waals surface area contributed by atoms with Crippen LogP contribution in [0.2, 0.25) is 0 Å². The molecule has 0 atom stereocenters. The number of carboxylic acid groups (broad SMARTS) is 2. The number of carbonyl (C=O) groups is 2. The van der Waals surface area contributed by atoms with Crippen molar-refractivity contribution in [2.45, 2.75) is 0 Å². The van der Waals surface area contributed by atoms with Crippen molar-refractivity contribution >= 4 is 66.5 Å². The molecule has 0 saturated heterocycles. The molecule has 0 bridgehead atoms. The van der Waals surface area contributed by atoms with Crippen LogP contribution in [0.4, 0.5) is 0 Å². The van der Waals surface area contributed by atoms with Crippen molar-refractivity contribution in [3.05, 3.63) is 30.0 Å². The van der Waals surface area contributed by atoms with Crippen molar-refractivity contribution in [2.24, 2.45) is 0 Å². The van der Waals surface area contributed by atoms with Gasteiger partial charge in [-0.05, 0) is 31.9 Å². The molecule has 2 aromatic heterocycles. The third-order valence-electron chi connectivity index (χ3n) is 1.35. The van der Waals surface area contributed by atoms with Crippen molar-refractivity contribution in [1.82, 2.24) is 9.97 Å². The fourth-order valence-electron chi connectivity index (χ4n) is 0.702. The van der Waals surface area contributed by atoms with Crippen molar-refractivity contribution in [1.29, 1.82) is 0 Å². The van der Waals surface area contributed by atoms with Crippen molar-refractivity contribution in [2.75, 3.05) is 0 Å². The highest BCUT2D eigenvalue weighted by Crippen LogP contribution is 2.15. The third kappa shape index (κ3) is 4.80. The summed E-state index contributed by atoms with van der Waals surface area (Å²) in [7, 11) is 0. The normalized spacial score (nSPS) is 9.44. The van der Waals surface area contributed by atoms with Crippen LogP contribution < -0.4 is 0 Å². The molecule has 0 aliphatic carbocycles. The molecule has 18 heavy (non-hydrogen) atoms. The highest BCUT2D eigenvalue weighted by molar-refractivity contribution is 9.11. The minimum absolute atomic E-state index is 0.0897. The quantitative estimate of drug-likeness (QED) is 0.780. The van der Waals surface area contributed by atoms with Gasteiger partial charge in [0, 0.05) is 10.8 Å². The maximum Gasteiger partial charge on any atom is 0.365 e. The van der Waals surface area contributed by atoms with E-state index in [2.05, 4.69) is 41.8 Å². The molecule has 10 heteroatoms. The lowest BCUT2D eigenvalue weighted by Gasteiger charge is -1.78. The number of carboxylic acids is 2. The molecule has 2 rings (SSSR count). The molecule has 0 saturated carbocycles. The van der Waals surface area contributed by atoms with Crippen LogP contribution in [-0.4, -0.2) is 32.1 Å². The van der Waals surface area contributed by atoms with Crippen LogP contribution in [0.3, 0.4) is 0 Å². The Kier molecular flexibility index (Phi) is 5.85. The van der Waals surface area contributed by atoms with E-state index in [0.29, 0.717) is 8.52 Å². The van der Waals surface area contributed by atoms with E-state index in [-0.39, 0.29) is 10.7 Å². The minimum Gasteiger partial charge on any atom is -0.476 e. The molecule has 0 aromatic carbocycles. The molecule has 0 radical (unpaired) electrons. The molecular formula is C8H4Br2N2O4S2. The lowest BCUT2D eigenvalue weighted by molar-refractivity contribution is 0.0682. The first-order chi connectivity index (χ1) is 8.40. The van der Waals surface area contributed by atoms with Gasteiger partial charge in [0.25, 0.3) is 0 Å². The number of hydrogen-bond acceptors (Lipinski definition) is 6. The summed E-state index contributed by atoms with van der Waals surface area (Å²) in [4.78, 5) is 27.6. The molecule has 2 heterocycles. The summed E-state index contributed by atoms with van der Waals surface area (Å²) in [5.41, 5.74) is 0.0897. The number of hydrogen-bond donors (Lipinski definition) is 2. The van der Waals surface area contributed by atoms with E-state index in [1.165, 1.54) is 16.7 Å². The zero-order valence-electron chi connectivity index (χ0n) is 8.33. The Hall–Kier alpha value is -0.840. The Morgan fingerprint density at radius 2 is 1.72 bits per heavy atom. The molecule has 96 valence electrons. The molecule has 6 nitrogen and oxygen atoms in total. The van der Waals surface area contributed by atoms with Gasteiger partial charge in [-0.2, -0.15) is 0 Å². The standard InChI is InChI=1S/2C4H2BrNO2S/c5-2-1-9-3(6-2)4(7)8;5-4-6-2(1-9-4)3(7)8/h2*1H,(H,7,8). The summed E-state index contributed by atoms with van der Waals surface area (Å²) in [6.45, 7) is 0. The molecule has 0 fully saturated rings. The van der Waals surface area contributed by atoms with E-state index in [4.69, 9.17) is 10.2 Å². The molecule has 2 N–H and O–H groups in total. The maximum atomic E-state index is 10.1. The predicted molar refractivity (Wildman–Crippen MR) is 73.5 cm³/mol. The summed E-state index contributed by atoms with van der Waals surface area (Å²) in [5.74, 6) is -1.97. The van der Waals surface area contributed by atoms with Gasteiger partial charge < -0.3 is 10.2 Å². The zero-order chi connectivity index (χ0) is 13.7. The molecule has 0 spiro atoms. The SMILES string of the molecule is O=C(O)c1csc(Br)n1.O=C(O)c1nc(Br)cs1. The monoisotopic (exact) mass is 414 g/mol. The van der Waals surface area contributed by atoms with Crippen LogP contribution in [0.5, 0.6) is 0 Å². The van der Waals surface area contributed by atoms with Crippen LogP contribution in [-0.2, 0) is 0 Å². The first-order valence-electron chi connectivity index (χ1n) is 4.08. The van der Waals surface area contributed by atoms with Gasteiger partial charge in [-0.3, -0.25) is 0 Å². The lowest BCUT2D eigenvalue weighted by Crippen LogP contribution is -1.94. The fraction of sp³-hybridized carbons (Fsp3) is 0. The number of rotatable bonds is 2. The average molecular weight is 416 g/mol. The Labute approximate surface area is 126 Å². The summed E-state index contributed by atoms with van der Waals surface area (Å²) >= 11 is 8.44. The summed E-state index contributed by atoms with van der Waals surface area (Å²) in [5, 5.41) is 19.9. The molecule has 0 amide bonds. The smallest absolute Gasteiger partial charge is 0.365 e. The first kappa shape index (κ1) is 15.2. The first-order valence-corrected chi connectivity index (χ1v) is 7.43. The van der Waals surface area contributed by atoms with Crippen LogP contribution in [0, 0.1) is 0 Å². The third-order valence-corrected chi connectivity index (χ3v) is 4.26. The zero-order valence-corrected chi connectivity index (χ0v) is 13.1. The van der Waals surface area contributed by atoms with Gasteiger partial charge in [-0.15, -0.1) is 22.7 Å². The minimum atomic E-state index is -0.989. The topological polar surface area (TPSA) is 100 Å². The van der Waals surface area contributed by atoms with Gasteiger partial charge in [0.1, 0.15) is 4.60 Å². The van der Waals surface area contributed by atoms with Gasteiger partial charge in [0.05, 0.1) is 0 Å². The van der Waals surface area contributed by atoms with E-state index in [1.807, 2.05) is 0 Å². The number of halogens is 2. The molecule has 0 unspecified atom stereocenters. The summed E-state index contributed by atoms with van der Waals surface area (Å²) in [6, 6.07) is 0. The Morgan fingerprint density at radius 1 is 1.06 bits per heavy atom. The van der Waals surface area contributed by atoms with Gasteiger partial charge in [0.15, 0.2) is 9.61 Å². The lowest BCUT2D eigenvalue weighted by atomic mass is 10.5. The van der Waals surface area contributed by atoms with Crippen LogP contribution in [0.15, 0.2) is 19.3 Å². The maximum absolute atomic E-state index is 10.1. The van der Waals surface area contributed by atoms with Crippen molar-refractivity contribution in [3.8, 4) is 0 Å². The second-order valence-electron chi connectivity index (χ2n) is 2.57. The second-order valence-corrected chi connectivity index (χ2v) is 6.38. The predicted octanol–water partition coefficient (Wildman–Crippen LogP) is 3.21. The van der Waals surface area contributed by atoms with Crippen LogP contribution in [0.1, 0.15) is 20.3 Å². The number of aromatic carboxylic acids is 2. The molecule has 0 aliphatic rings. The van der Waals surface area contributed by atoms with Crippen molar-refractivity contribution < 1.29 is 19.8 Å². The van der Waals surface area contributed by atoms with Crippen LogP contribution in [0.25, 0.3) is 0 Å². The summed E-state index contributed by atoms with van der Waals surface area (Å²) < 4.78 is 1.17. The Morgan fingerprint density at radius 3 is 1.94 bits per heavy atom. The van der Waals surface area contributed by atoms with E-state index in [1.54, 1.807) is 5.38 Å². The van der Waals surface area contributed by atoms with E-state index < -0.39 is 11.9 Å². The van der Waals surface area contributed by atoms with E-state index in [9.17, 15) is 9.59 Å². The molecule has 0 aliphatic heterocycles. The fourth-order valence-corrected chi connectivity index (χ4v) is 2.78. The average Bonchev–Trinajstić information content (AvgIpc) is 2.88. The van der Waals surface area contributed by atoms with Gasteiger partial charge in [-0.25, -0.2) is 19.6 Å². The Balaban J connectivity index is 0.000000180. The van der Waals surface area contributed by atoms with Gasteiger partial charge in [-0.1, -0.05) is 0 Å². The van der Waals surface area contributed by atoms with Crippen LogP contribution >= 0.6 is 54.5 Å². The number of nitrogens with zero attached hydrogens (tertiary/aromatic N) is 2. The number of thiazole rings is 2. The molecular weight excluding hydrogens is 412 g/mol. The van der Waals surface area contributed by atoms with Gasteiger partial charge >= 0.3 is 11.9 Å². The van der Waals surface area contributed by atoms with E-state index >= 15 is 0 Å². The highest BCUT2D eigenvalue weighted by Gasteiger charge is 2.06. The van der Waals surface area contributed by atoms with E-state index in [0.717, 1.165) is 11.3 Å². The Bertz CT molecular complexity index is 519. The number of aromatic nitrogens is 2. The highest BCUT2D eigenvalue weighted by atomic mass is 79.9. The van der Waals surface area contributed by atoms with Crippen molar-refractivity contribution in [3.63, 3.8) is 0 Å². The molecule has 2 aromatic rings. The summed E-state index contributed by atoms with van der Waals surface area (Å²) in [6.07, 6.45) is 0. The largest absolute Gasteiger partial charge is 0.476 e. The second kappa shape index (κ2) is 6.92. The van der Waals surface area contributed by atoms with Gasteiger partial charge in [0.2, 0.25) is 5.01 Å².